The van der Waals surface area contributed by atoms with E-state index in [0.717, 1.165) is 42.6 Å². The fourth-order valence-electron chi connectivity index (χ4n) is 4.13. The van der Waals surface area contributed by atoms with Crippen LogP contribution >= 0.6 is 11.3 Å². The normalized spacial score (nSPS) is 25.5. The number of nitrogens with zero attached hydrogens (tertiary/aromatic N) is 5. The first-order valence-electron chi connectivity index (χ1n) is 8.95. The Labute approximate surface area is 150 Å². The summed E-state index contributed by atoms with van der Waals surface area (Å²) < 4.78 is 0. The molecule has 4 heterocycles. The Bertz CT molecular complexity index is 803. The smallest absolute Gasteiger partial charge is 0.265 e. The summed E-state index contributed by atoms with van der Waals surface area (Å²) in [5, 5.41) is 0. The van der Waals surface area contributed by atoms with Gasteiger partial charge in [-0.3, -0.25) is 4.79 Å². The molecule has 130 valence electrons. The number of carbonyl (C=O) groups is 1. The van der Waals surface area contributed by atoms with Gasteiger partial charge < -0.3 is 9.80 Å². The summed E-state index contributed by atoms with van der Waals surface area (Å²) in [6.07, 6.45) is 4.23. The van der Waals surface area contributed by atoms with Gasteiger partial charge in [-0.15, -0.1) is 11.3 Å². The summed E-state index contributed by atoms with van der Waals surface area (Å²) in [5.74, 6) is 2.94. The molecule has 2 aromatic rings. The van der Waals surface area contributed by atoms with Crippen LogP contribution in [-0.4, -0.2) is 51.9 Å². The second-order valence-electron chi connectivity index (χ2n) is 7.48. The van der Waals surface area contributed by atoms with Crippen LogP contribution in [0.5, 0.6) is 0 Å². The minimum absolute atomic E-state index is 0.152. The quantitative estimate of drug-likeness (QED) is 0.846. The van der Waals surface area contributed by atoms with Crippen LogP contribution in [0.25, 0.3) is 0 Å². The first-order valence-corrected chi connectivity index (χ1v) is 9.83. The van der Waals surface area contributed by atoms with Crippen LogP contribution in [0.4, 0.5) is 5.82 Å². The van der Waals surface area contributed by atoms with E-state index in [4.69, 9.17) is 0 Å². The zero-order chi connectivity index (χ0) is 17.0. The van der Waals surface area contributed by atoms with Crippen LogP contribution in [0.3, 0.4) is 0 Å². The number of hydrogen-bond donors (Lipinski definition) is 0. The van der Waals surface area contributed by atoms with Gasteiger partial charge in [-0.1, -0.05) is 0 Å². The van der Waals surface area contributed by atoms with Crippen LogP contribution in [-0.2, 0) is 0 Å². The lowest BCUT2D eigenvalue weighted by atomic mass is 10.0. The van der Waals surface area contributed by atoms with Crippen LogP contribution in [0.2, 0.25) is 0 Å². The molecule has 7 heteroatoms. The molecule has 6 nitrogen and oxygen atoms in total. The van der Waals surface area contributed by atoms with E-state index in [9.17, 15) is 4.79 Å². The van der Waals surface area contributed by atoms with Gasteiger partial charge in [0.05, 0.1) is 11.2 Å². The van der Waals surface area contributed by atoms with E-state index in [1.54, 1.807) is 11.8 Å². The van der Waals surface area contributed by atoms with Gasteiger partial charge in [0.15, 0.2) is 0 Å². The van der Waals surface area contributed by atoms with Gasteiger partial charge in [0.2, 0.25) is 0 Å². The highest BCUT2D eigenvalue weighted by atomic mass is 32.1. The average molecular weight is 355 g/mol. The molecule has 3 aliphatic rings. The Morgan fingerprint density at radius 2 is 1.88 bits per heavy atom. The van der Waals surface area contributed by atoms with Crippen LogP contribution < -0.4 is 4.90 Å². The molecule has 2 aromatic heterocycles. The maximum atomic E-state index is 12.7. The zero-order valence-corrected chi connectivity index (χ0v) is 15.1. The largest absolute Gasteiger partial charge is 0.356 e. The molecule has 1 amide bonds. The minimum Gasteiger partial charge on any atom is -0.356 e. The van der Waals surface area contributed by atoms with Crippen LogP contribution in [0.1, 0.15) is 39.8 Å². The van der Waals surface area contributed by atoms with E-state index in [1.807, 2.05) is 11.8 Å². The van der Waals surface area contributed by atoms with Gasteiger partial charge in [0.1, 0.15) is 17.0 Å². The molecule has 2 atom stereocenters. The molecule has 0 aromatic carbocycles. The highest BCUT2D eigenvalue weighted by molar-refractivity contribution is 7.11. The molecule has 0 N–H and O–H groups in total. The maximum absolute atomic E-state index is 12.7. The van der Waals surface area contributed by atoms with Crippen molar-refractivity contribution in [2.24, 2.45) is 11.8 Å². The zero-order valence-electron chi connectivity index (χ0n) is 14.3. The van der Waals surface area contributed by atoms with Gasteiger partial charge in [0, 0.05) is 55.7 Å². The Kier molecular flexibility index (Phi) is 3.51. The maximum Gasteiger partial charge on any atom is 0.265 e. The number of aryl methyl sites for hydroxylation is 1. The standard InChI is InChI=1S/C18H21N5OS/c1-11-17(25-10-21-11)18(24)23-7-13-5-22(6-14(13)8-23)16-4-15(12-2-3-12)19-9-20-16/h4,9-10,12-14H,2-3,5-8H2,1H3. The second kappa shape index (κ2) is 5.76. The van der Waals surface area contributed by atoms with Crippen molar-refractivity contribution in [1.82, 2.24) is 19.9 Å². The molecule has 1 aliphatic carbocycles. The molecule has 3 fully saturated rings. The van der Waals surface area contributed by atoms with E-state index in [1.165, 1.54) is 29.9 Å². The number of hydrogen-bond acceptors (Lipinski definition) is 6. The SMILES string of the molecule is Cc1ncsc1C(=O)N1CC2CN(c3cc(C4CC4)ncn3)CC2C1. The summed E-state index contributed by atoms with van der Waals surface area (Å²) in [6.45, 7) is 5.57. The third-order valence-electron chi connectivity index (χ3n) is 5.71. The first kappa shape index (κ1) is 15.3. The Morgan fingerprint density at radius 1 is 1.12 bits per heavy atom. The molecular weight excluding hydrogens is 334 g/mol. The van der Waals surface area contributed by atoms with Gasteiger partial charge in [-0.05, 0) is 19.8 Å². The van der Waals surface area contributed by atoms with Gasteiger partial charge in [-0.2, -0.15) is 0 Å². The average Bonchev–Trinajstić information content (AvgIpc) is 3.07. The van der Waals surface area contributed by atoms with Crippen LogP contribution in [0, 0.1) is 18.8 Å². The topological polar surface area (TPSA) is 62.2 Å². The van der Waals surface area contributed by atoms with E-state index < -0.39 is 0 Å². The number of carbonyl (C=O) groups excluding carboxylic acids is 1. The van der Waals surface area contributed by atoms with Gasteiger partial charge in [-0.25, -0.2) is 15.0 Å². The second-order valence-corrected chi connectivity index (χ2v) is 8.33. The number of rotatable bonds is 3. The molecule has 0 radical (unpaired) electrons. The van der Waals surface area contributed by atoms with Crippen LogP contribution in [0.15, 0.2) is 17.9 Å². The first-order chi connectivity index (χ1) is 12.2. The number of thiazole rings is 1. The predicted octanol–water partition coefficient (Wildman–Crippen LogP) is 2.33. The highest BCUT2D eigenvalue weighted by Gasteiger charge is 2.42. The van der Waals surface area contributed by atoms with E-state index in [0.29, 0.717) is 17.8 Å². The van der Waals surface area contributed by atoms with Crippen molar-refractivity contribution in [2.75, 3.05) is 31.1 Å². The Hall–Kier alpha value is -2.02. The van der Waals surface area contributed by atoms with Gasteiger partial charge >= 0.3 is 0 Å². The molecule has 1 saturated carbocycles. The molecule has 25 heavy (non-hydrogen) atoms. The third-order valence-corrected chi connectivity index (χ3v) is 6.62. The van der Waals surface area contributed by atoms with Gasteiger partial charge in [0.25, 0.3) is 5.91 Å². The molecule has 5 rings (SSSR count). The summed E-state index contributed by atoms with van der Waals surface area (Å²) in [7, 11) is 0. The number of amides is 1. The van der Waals surface area contributed by atoms with E-state index >= 15 is 0 Å². The number of fused-ring (bicyclic) bond motifs is 1. The van der Waals surface area contributed by atoms with Crippen molar-refractivity contribution < 1.29 is 4.79 Å². The fraction of sp³-hybridized carbons (Fsp3) is 0.556. The predicted molar refractivity (Wildman–Crippen MR) is 96.0 cm³/mol. The summed E-state index contributed by atoms with van der Waals surface area (Å²) >= 11 is 1.45. The molecule has 2 aliphatic heterocycles. The lowest BCUT2D eigenvalue weighted by Crippen LogP contribution is -2.33. The summed E-state index contributed by atoms with van der Waals surface area (Å²) in [4.78, 5) is 31.0. The van der Waals surface area contributed by atoms with Crippen molar-refractivity contribution in [2.45, 2.75) is 25.7 Å². The highest BCUT2D eigenvalue weighted by Crippen LogP contribution is 2.40. The Morgan fingerprint density at radius 3 is 2.52 bits per heavy atom. The Balaban J connectivity index is 1.27. The van der Waals surface area contributed by atoms with E-state index in [2.05, 4.69) is 25.9 Å². The van der Waals surface area contributed by atoms with E-state index in [-0.39, 0.29) is 5.91 Å². The van der Waals surface area contributed by atoms with Crippen molar-refractivity contribution >= 4 is 23.1 Å². The fourth-order valence-corrected chi connectivity index (χ4v) is 4.90. The number of likely N-dealkylation sites (tertiary alicyclic amines) is 1. The molecule has 2 saturated heterocycles. The minimum atomic E-state index is 0.152. The number of aromatic nitrogens is 3. The summed E-state index contributed by atoms with van der Waals surface area (Å²) in [6, 6.07) is 2.17. The number of anilines is 1. The van der Waals surface area contributed by atoms with Crippen molar-refractivity contribution in [3.63, 3.8) is 0 Å². The molecule has 0 bridgehead atoms. The summed E-state index contributed by atoms with van der Waals surface area (Å²) in [5.41, 5.74) is 3.80. The monoisotopic (exact) mass is 355 g/mol. The molecular formula is C18H21N5OS. The van der Waals surface area contributed by atoms with Crippen molar-refractivity contribution in [1.29, 1.82) is 0 Å². The van der Waals surface area contributed by atoms with Crippen molar-refractivity contribution in [3.05, 3.63) is 34.2 Å². The lowest BCUT2D eigenvalue weighted by molar-refractivity contribution is 0.0786. The lowest BCUT2D eigenvalue weighted by Gasteiger charge is -2.22. The molecule has 2 unspecified atom stereocenters. The van der Waals surface area contributed by atoms with Crippen molar-refractivity contribution in [3.8, 4) is 0 Å². The third kappa shape index (κ3) is 2.70. The molecule has 0 spiro atoms.